The first-order valence-corrected chi connectivity index (χ1v) is 11.4. The highest BCUT2D eigenvalue weighted by atomic mass is 32.1. The van der Waals surface area contributed by atoms with E-state index in [0.717, 1.165) is 27.6 Å². The molecule has 166 valence electrons. The van der Waals surface area contributed by atoms with Crippen molar-refractivity contribution in [1.29, 1.82) is 0 Å². The van der Waals surface area contributed by atoms with Crippen molar-refractivity contribution in [2.75, 3.05) is 23.9 Å². The molecule has 0 saturated carbocycles. The minimum atomic E-state index is -0.109. The fraction of sp³-hybridized carbons (Fsp3) is 0.333. The van der Waals surface area contributed by atoms with Gasteiger partial charge in [0, 0.05) is 31.0 Å². The van der Waals surface area contributed by atoms with E-state index in [9.17, 15) is 9.59 Å². The van der Waals surface area contributed by atoms with E-state index in [2.05, 4.69) is 22.4 Å². The van der Waals surface area contributed by atoms with Crippen LogP contribution in [0.2, 0.25) is 0 Å². The Morgan fingerprint density at radius 3 is 2.66 bits per heavy atom. The molecule has 8 heteroatoms. The maximum absolute atomic E-state index is 12.6. The van der Waals surface area contributed by atoms with Gasteiger partial charge in [-0.1, -0.05) is 29.5 Å². The minimum Gasteiger partial charge on any atom is -0.497 e. The third kappa shape index (κ3) is 4.96. The summed E-state index contributed by atoms with van der Waals surface area (Å²) in [5, 5.41) is 12.4. The summed E-state index contributed by atoms with van der Waals surface area (Å²) in [7, 11) is 1.63. The average molecular weight is 451 g/mol. The van der Waals surface area contributed by atoms with E-state index in [1.54, 1.807) is 7.11 Å². The molecule has 7 nitrogen and oxygen atoms in total. The SMILES string of the molecule is COc1ccc(CCC(=O)Nc2nnc([C@H]3CC(=O)N(c4ccc(C)c(C)c4)C3)s2)cc1. The Hall–Kier alpha value is -3.26. The largest absolute Gasteiger partial charge is 0.497 e. The van der Waals surface area contributed by atoms with Crippen molar-refractivity contribution < 1.29 is 14.3 Å². The summed E-state index contributed by atoms with van der Waals surface area (Å²) in [6, 6.07) is 13.7. The van der Waals surface area contributed by atoms with Crippen molar-refractivity contribution in [3.8, 4) is 5.75 Å². The zero-order valence-corrected chi connectivity index (χ0v) is 19.2. The molecular weight excluding hydrogens is 424 g/mol. The maximum atomic E-state index is 12.6. The lowest BCUT2D eigenvalue weighted by Crippen LogP contribution is -2.24. The standard InChI is InChI=1S/C24H26N4O3S/c1-15-4-8-19(12-16(15)2)28-14-18(13-22(28)30)23-26-27-24(32-23)25-21(29)11-7-17-5-9-20(31-3)10-6-17/h4-6,8-10,12,18H,7,11,13-14H2,1-3H3,(H,25,27,29)/t18-/m0/s1. The predicted octanol–water partition coefficient (Wildman–Crippen LogP) is 4.26. The number of anilines is 2. The zero-order valence-electron chi connectivity index (χ0n) is 18.4. The van der Waals surface area contributed by atoms with Crippen LogP contribution in [0.25, 0.3) is 0 Å². The summed E-state index contributed by atoms with van der Waals surface area (Å²) in [4.78, 5) is 26.7. The van der Waals surface area contributed by atoms with Crippen LogP contribution in [0.3, 0.4) is 0 Å². The highest BCUT2D eigenvalue weighted by molar-refractivity contribution is 7.15. The Kier molecular flexibility index (Phi) is 6.50. The van der Waals surface area contributed by atoms with E-state index in [0.29, 0.717) is 30.9 Å². The Labute approximate surface area is 191 Å². The van der Waals surface area contributed by atoms with Gasteiger partial charge in [-0.3, -0.25) is 9.59 Å². The van der Waals surface area contributed by atoms with E-state index in [4.69, 9.17) is 4.74 Å². The fourth-order valence-electron chi connectivity index (χ4n) is 3.70. The topological polar surface area (TPSA) is 84.4 Å². The van der Waals surface area contributed by atoms with Gasteiger partial charge in [0.25, 0.3) is 0 Å². The van der Waals surface area contributed by atoms with Crippen LogP contribution in [0, 0.1) is 13.8 Å². The van der Waals surface area contributed by atoms with Crippen molar-refractivity contribution in [3.05, 3.63) is 64.2 Å². The van der Waals surface area contributed by atoms with Gasteiger partial charge in [0.15, 0.2) is 0 Å². The van der Waals surface area contributed by atoms with Gasteiger partial charge in [-0.15, -0.1) is 10.2 Å². The molecule has 2 heterocycles. The molecule has 1 aromatic heterocycles. The Morgan fingerprint density at radius 2 is 1.94 bits per heavy atom. The van der Waals surface area contributed by atoms with Crippen LogP contribution in [-0.4, -0.2) is 35.7 Å². The van der Waals surface area contributed by atoms with Gasteiger partial charge in [0.05, 0.1) is 7.11 Å². The molecule has 1 aliphatic rings. The van der Waals surface area contributed by atoms with Gasteiger partial charge in [0.1, 0.15) is 10.8 Å². The summed E-state index contributed by atoms with van der Waals surface area (Å²) in [5.41, 5.74) is 4.34. The maximum Gasteiger partial charge on any atom is 0.227 e. The number of benzene rings is 2. The molecule has 0 radical (unpaired) electrons. The fourth-order valence-corrected chi connectivity index (χ4v) is 4.55. The monoisotopic (exact) mass is 450 g/mol. The molecule has 3 aromatic rings. The summed E-state index contributed by atoms with van der Waals surface area (Å²) in [5.74, 6) is 0.744. The van der Waals surface area contributed by atoms with E-state index < -0.39 is 0 Å². The van der Waals surface area contributed by atoms with Crippen LogP contribution in [0.15, 0.2) is 42.5 Å². The molecule has 1 atom stereocenters. The zero-order chi connectivity index (χ0) is 22.7. The first-order valence-electron chi connectivity index (χ1n) is 10.6. The molecule has 1 aliphatic heterocycles. The summed E-state index contributed by atoms with van der Waals surface area (Å²) < 4.78 is 5.15. The van der Waals surface area contributed by atoms with E-state index in [1.807, 2.05) is 54.3 Å². The van der Waals surface area contributed by atoms with Crippen LogP contribution in [0.5, 0.6) is 5.75 Å². The van der Waals surface area contributed by atoms with Gasteiger partial charge in [-0.25, -0.2) is 0 Å². The molecule has 2 aromatic carbocycles. The third-order valence-electron chi connectivity index (χ3n) is 5.76. The van der Waals surface area contributed by atoms with Crippen LogP contribution >= 0.6 is 11.3 Å². The number of hydrogen-bond acceptors (Lipinski definition) is 6. The number of carbonyl (C=O) groups is 2. The van der Waals surface area contributed by atoms with Gasteiger partial charge in [-0.2, -0.15) is 0 Å². The first-order chi connectivity index (χ1) is 15.4. The number of rotatable bonds is 7. The van der Waals surface area contributed by atoms with Gasteiger partial charge < -0.3 is 15.0 Å². The highest BCUT2D eigenvalue weighted by Gasteiger charge is 2.34. The number of nitrogens with zero attached hydrogens (tertiary/aromatic N) is 3. The number of aryl methyl sites for hydroxylation is 3. The van der Waals surface area contributed by atoms with Crippen LogP contribution < -0.4 is 15.0 Å². The molecule has 0 unspecified atom stereocenters. The second-order valence-electron chi connectivity index (χ2n) is 8.02. The summed E-state index contributed by atoms with van der Waals surface area (Å²) in [6.07, 6.45) is 1.38. The molecule has 4 rings (SSSR count). The Morgan fingerprint density at radius 1 is 1.16 bits per heavy atom. The average Bonchev–Trinajstić information content (AvgIpc) is 3.41. The quantitative estimate of drug-likeness (QED) is 0.582. The smallest absolute Gasteiger partial charge is 0.227 e. The van der Waals surface area contributed by atoms with E-state index >= 15 is 0 Å². The molecule has 0 bridgehead atoms. The van der Waals surface area contributed by atoms with Crippen LogP contribution in [0.4, 0.5) is 10.8 Å². The van der Waals surface area contributed by atoms with Crippen LogP contribution in [0.1, 0.15) is 40.5 Å². The summed E-state index contributed by atoms with van der Waals surface area (Å²) >= 11 is 1.34. The molecule has 32 heavy (non-hydrogen) atoms. The number of nitrogens with one attached hydrogen (secondary N) is 1. The molecular formula is C24H26N4O3S. The molecule has 0 aliphatic carbocycles. The first kappa shape index (κ1) is 22.0. The third-order valence-corrected chi connectivity index (χ3v) is 6.76. The lowest BCUT2D eigenvalue weighted by atomic mass is 10.1. The number of ether oxygens (including phenoxy) is 1. The molecule has 2 amide bonds. The second kappa shape index (κ2) is 9.48. The normalized spacial score (nSPS) is 15.8. The minimum absolute atomic E-state index is 0.0217. The molecule has 1 saturated heterocycles. The Bertz CT molecular complexity index is 1130. The predicted molar refractivity (Wildman–Crippen MR) is 125 cm³/mol. The van der Waals surface area contributed by atoms with Crippen molar-refractivity contribution in [2.45, 2.75) is 39.0 Å². The number of amides is 2. The van der Waals surface area contributed by atoms with Gasteiger partial charge in [-0.05, 0) is 61.2 Å². The number of carbonyl (C=O) groups excluding carboxylic acids is 2. The van der Waals surface area contributed by atoms with E-state index in [-0.39, 0.29) is 17.7 Å². The second-order valence-corrected chi connectivity index (χ2v) is 9.02. The van der Waals surface area contributed by atoms with Crippen molar-refractivity contribution in [3.63, 3.8) is 0 Å². The van der Waals surface area contributed by atoms with Gasteiger partial charge >= 0.3 is 0 Å². The Balaban J connectivity index is 1.33. The lowest BCUT2D eigenvalue weighted by molar-refractivity contribution is -0.117. The lowest BCUT2D eigenvalue weighted by Gasteiger charge is -2.17. The highest BCUT2D eigenvalue weighted by Crippen LogP contribution is 2.34. The van der Waals surface area contributed by atoms with Crippen LogP contribution in [-0.2, 0) is 16.0 Å². The molecule has 1 fully saturated rings. The number of hydrogen-bond donors (Lipinski definition) is 1. The van der Waals surface area contributed by atoms with E-state index in [1.165, 1.54) is 16.9 Å². The number of methoxy groups -OCH3 is 1. The molecule has 1 N–H and O–H groups in total. The van der Waals surface area contributed by atoms with Crippen molar-refractivity contribution in [1.82, 2.24) is 10.2 Å². The summed E-state index contributed by atoms with van der Waals surface area (Å²) in [6.45, 7) is 4.67. The van der Waals surface area contributed by atoms with Crippen molar-refractivity contribution in [2.24, 2.45) is 0 Å². The van der Waals surface area contributed by atoms with Gasteiger partial charge in [0.2, 0.25) is 16.9 Å². The number of aromatic nitrogens is 2. The van der Waals surface area contributed by atoms with Crippen molar-refractivity contribution >= 4 is 34.0 Å². The molecule has 0 spiro atoms.